The van der Waals surface area contributed by atoms with Crippen molar-refractivity contribution in [3.8, 4) is 6.07 Å². The minimum atomic E-state index is 0.584. The standard InChI is InChI=1S/C13H14ClN/c1-4-11(8-15)13(14)12-7-5-6-9(2)10(12)3/h5-7H,4H2,1-3H3. The third kappa shape index (κ3) is 2.40. The monoisotopic (exact) mass is 219 g/mol. The number of halogens is 1. The average Bonchev–Trinajstić information content (AvgIpc) is 2.23. The Morgan fingerprint density at radius 1 is 1.40 bits per heavy atom. The molecule has 0 radical (unpaired) electrons. The normalized spacial score (nSPS) is 11.9. The van der Waals surface area contributed by atoms with Gasteiger partial charge in [0.15, 0.2) is 0 Å². The lowest BCUT2D eigenvalue weighted by atomic mass is 10.0. The first-order chi connectivity index (χ1) is 7.11. The van der Waals surface area contributed by atoms with Gasteiger partial charge in [0.05, 0.1) is 11.1 Å². The Balaban J connectivity index is 3.35. The SMILES string of the molecule is CCC(C#N)=C(Cl)c1cccc(C)c1C. The zero-order chi connectivity index (χ0) is 11.4. The first-order valence-electron chi connectivity index (χ1n) is 4.97. The summed E-state index contributed by atoms with van der Waals surface area (Å²) in [5.74, 6) is 0. The molecule has 0 heterocycles. The quantitative estimate of drug-likeness (QED) is 0.685. The second-order valence-electron chi connectivity index (χ2n) is 3.51. The molecular formula is C13H14ClN. The Hall–Kier alpha value is -1.26. The average molecular weight is 220 g/mol. The number of hydrogen-bond acceptors (Lipinski definition) is 1. The molecule has 0 aliphatic heterocycles. The van der Waals surface area contributed by atoms with E-state index in [2.05, 4.69) is 6.07 Å². The first-order valence-corrected chi connectivity index (χ1v) is 5.35. The fourth-order valence-electron chi connectivity index (χ4n) is 1.43. The molecule has 2 heteroatoms. The molecule has 0 unspecified atom stereocenters. The molecule has 0 bridgehead atoms. The summed E-state index contributed by atoms with van der Waals surface area (Å²) in [5.41, 5.74) is 3.95. The van der Waals surface area contributed by atoms with Gasteiger partial charge in [-0.25, -0.2) is 0 Å². The van der Waals surface area contributed by atoms with Crippen LogP contribution in [0.4, 0.5) is 0 Å². The predicted molar refractivity (Wildman–Crippen MR) is 64.6 cm³/mol. The molecule has 0 saturated heterocycles. The van der Waals surface area contributed by atoms with Crippen molar-refractivity contribution >= 4 is 16.6 Å². The van der Waals surface area contributed by atoms with Crippen LogP contribution in [0.5, 0.6) is 0 Å². The molecule has 1 aromatic carbocycles. The van der Waals surface area contributed by atoms with E-state index < -0.39 is 0 Å². The number of aryl methyl sites for hydroxylation is 1. The lowest BCUT2D eigenvalue weighted by Gasteiger charge is -2.08. The van der Waals surface area contributed by atoms with Crippen LogP contribution in [-0.2, 0) is 0 Å². The maximum Gasteiger partial charge on any atom is 0.0962 e. The molecule has 1 nitrogen and oxygen atoms in total. The van der Waals surface area contributed by atoms with E-state index in [-0.39, 0.29) is 0 Å². The van der Waals surface area contributed by atoms with E-state index in [9.17, 15) is 0 Å². The Kier molecular flexibility index (Phi) is 3.94. The summed E-state index contributed by atoms with van der Waals surface area (Å²) in [6, 6.07) is 8.11. The zero-order valence-corrected chi connectivity index (χ0v) is 10.0. The highest BCUT2D eigenvalue weighted by Gasteiger charge is 2.08. The van der Waals surface area contributed by atoms with Gasteiger partial charge in [0.25, 0.3) is 0 Å². The fourth-order valence-corrected chi connectivity index (χ4v) is 1.82. The summed E-state index contributed by atoms with van der Waals surface area (Å²) in [5, 5.41) is 9.51. The first kappa shape index (κ1) is 11.8. The van der Waals surface area contributed by atoms with Crippen LogP contribution >= 0.6 is 11.6 Å². The van der Waals surface area contributed by atoms with Crippen LogP contribution in [0.2, 0.25) is 0 Å². The van der Waals surface area contributed by atoms with Crippen molar-refractivity contribution < 1.29 is 0 Å². The number of nitriles is 1. The Bertz CT molecular complexity index is 438. The molecule has 0 amide bonds. The van der Waals surface area contributed by atoms with Gasteiger partial charge in [0.1, 0.15) is 0 Å². The largest absolute Gasteiger partial charge is 0.193 e. The Morgan fingerprint density at radius 3 is 2.60 bits per heavy atom. The van der Waals surface area contributed by atoms with Crippen molar-refractivity contribution in [3.05, 3.63) is 40.5 Å². The summed E-state index contributed by atoms with van der Waals surface area (Å²) < 4.78 is 0. The highest BCUT2D eigenvalue weighted by atomic mass is 35.5. The van der Waals surface area contributed by atoms with E-state index in [1.807, 2.05) is 39.0 Å². The van der Waals surface area contributed by atoms with Gasteiger partial charge in [-0.15, -0.1) is 0 Å². The number of hydrogen-bond donors (Lipinski definition) is 0. The van der Waals surface area contributed by atoms with Crippen molar-refractivity contribution in [2.75, 3.05) is 0 Å². The number of allylic oxidation sites excluding steroid dienone is 1. The van der Waals surface area contributed by atoms with Gasteiger partial charge in [-0.1, -0.05) is 36.7 Å². The van der Waals surface area contributed by atoms with Crippen LogP contribution in [0.1, 0.15) is 30.0 Å². The Morgan fingerprint density at radius 2 is 2.07 bits per heavy atom. The number of benzene rings is 1. The highest BCUT2D eigenvalue weighted by molar-refractivity contribution is 6.49. The van der Waals surface area contributed by atoms with E-state index in [0.29, 0.717) is 17.0 Å². The minimum absolute atomic E-state index is 0.584. The van der Waals surface area contributed by atoms with Gasteiger partial charge >= 0.3 is 0 Å². The van der Waals surface area contributed by atoms with E-state index in [0.717, 1.165) is 11.1 Å². The molecule has 0 spiro atoms. The van der Waals surface area contributed by atoms with Crippen molar-refractivity contribution in [1.82, 2.24) is 0 Å². The van der Waals surface area contributed by atoms with Crippen LogP contribution < -0.4 is 0 Å². The number of nitrogens with zero attached hydrogens (tertiary/aromatic N) is 1. The molecule has 0 N–H and O–H groups in total. The molecule has 0 aliphatic carbocycles. The second kappa shape index (κ2) is 5.00. The van der Waals surface area contributed by atoms with Gasteiger partial charge in [-0.3, -0.25) is 0 Å². The summed E-state index contributed by atoms with van der Waals surface area (Å²) >= 11 is 6.21. The van der Waals surface area contributed by atoms with Crippen molar-refractivity contribution in [1.29, 1.82) is 5.26 Å². The van der Waals surface area contributed by atoms with E-state index in [4.69, 9.17) is 16.9 Å². The van der Waals surface area contributed by atoms with Crippen molar-refractivity contribution in [2.45, 2.75) is 27.2 Å². The predicted octanol–water partition coefficient (Wildman–Crippen LogP) is 4.19. The van der Waals surface area contributed by atoms with E-state index in [1.54, 1.807) is 0 Å². The van der Waals surface area contributed by atoms with Gasteiger partial charge in [-0.05, 0) is 37.0 Å². The molecule has 78 valence electrons. The van der Waals surface area contributed by atoms with E-state index in [1.165, 1.54) is 5.56 Å². The van der Waals surface area contributed by atoms with Crippen LogP contribution in [0.15, 0.2) is 23.8 Å². The summed E-state index contributed by atoms with van der Waals surface area (Å²) in [6.45, 7) is 6.00. The van der Waals surface area contributed by atoms with Gasteiger partial charge in [0, 0.05) is 5.57 Å². The smallest absolute Gasteiger partial charge is 0.0962 e. The third-order valence-corrected chi connectivity index (χ3v) is 3.03. The maximum atomic E-state index is 8.93. The summed E-state index contributed by atoms with van der Waals surface area (Å²) in [4.78, 5) is 0. The topological polar surface area (TPSA) is 23.8 Å². The van der Waals surface area contributed by atoms with Crippen LogP contribution in [0.25, 0.3) is 5.03 Å². The lowest BCUT2D eigenvalue weighted by molar-refractivity contribution is 1.16. The van der Waals surface area contributed by atoms with Gasteiger partial charge in [-0.2, -0.15) is 5.26 Å². The summed E-state index contributed by atoms with van der Waals surface area (Å²) in [7, 11) is 0. The molecule has 1 rings (SSSR count). The van der Waals surface area contributed by atoms with Crippen molar-refractivity contribution in [3.63, 3.8) is 0 Å². The van der Waals surface area contributed by atoms with Crippen LogP contribution in [-0.4, -0.2) is 0 Å². The van der Waals surface area contributed by atoms with Crippen LogP contribution in [0, 0.1) is 25.2 Å². The Labute approximate surface area is 96.0 Å². The highest BCUT2D eigenvalue weighted by Crippen LogP contribution is 2.28. The summed E-state index contributed by atoms with van der Waals surface area (Å²) in [6.07, 6.45) is 0.669. The molecule has 0 aromatic heterocycles. The molecule has 0 aliphatic rings. The van der Waals surface area contributed by atoms with Crippen molar-refractivity contribution in [2.24, 2.45) is 0 Å². The number of rotatable bonds is 2. The second-order valence-corrected chi connectivity index (χ2v) is 3.88. The third-order valence-electron chi connectivity index (χ3n) is 2.59. The van der Waals surface area contributed by atoms with E-state index >= 15 is 0 Å². The molecule has 0 atom stereocenters. The van der Waals surface area contributed by atoms with Gasteiger partial charge in [0.2, 0.25) is 0 Å². The lowest BCUT2D eigenvalue weighted by Crippen LogP contribution is -1.90. The molecular weight excluding hydrogens is 206 g/mol. The molecule has 15 heavy (non-hydrogen) atoms. The van der Waals surface area contributed by atoms with Gasteiger partial charge < -0.3 is 0 Å². The molecule has 0 fully saturated rings. The minimum Gasteiger partial charge on any atom is -0.193 e. The molecule has 0 saturated carbocycles. The maximum absolute atomic E-state index is 8.93. The zero-order valence-electron chi connectivity index (χ0n) is 9.26. The fraction of sp³-hybridized carbons (Fsp3) is 0.308. The van der Waals surface area contributed by atoms with Crippen LogP contribution in [0.3, 0.4) is 0 Å². The molecule has 1 aromatic rings.